The quantitative estimate of drug-likeness (QED) is 0.514. The smallest absolute Gasteiger partial charge is 0.289 e. The number of para-hydroxylation sites is 1. The van der Waals surface area contributed by atoms with Crippen molar-refractivity contribution in [3.05, 3.63) is 82.6 Å². The summed E-state index contributed by atoms with van der Waals surface area (Å²) in [6.45, 7) is 4.18. The van der Waals surface area contributed by atoms with Gasteiger partial charge >= 0.3 is 0 Å². The summed E-state index contributed by atoms with van der Waals surface area (Å²) >= 11 is 0. The highest BCUT2D eigenvalue weighted by atomic mass is 16.3. The van der Waals surface area contributed by atoms with Crippen molar-refractivity contribution in [1.82, 2.24) is 19.9 Å². The Kier molecular flexibility index (Phi) is 5.43. The predicted octanol–water partition coefficient (Wildman–Crippen LogP) is 2.99. The van der Waals surface area contributed by atoms with Gasteiger partial charge in [0.15, 0.2) is 11.2 Å². The van der Waals surface area contributed by atoms with Crippen LogP contribution in [-0.2, 0) is 0 Å². The normalized spacial score (nSPS) is 13.8. The van der Waals surface area contributed by atoms with Gasteiger partial charge in [0.2, 0.25) is 0 Å². The third-order valence-corrected chi connectivity index (χ3v) is 5.56. The highest BCUT2D eigenvalue weighted by Crippen LogP contribution is 2.20. The monoisotopic (exact) mass is 442 g/mol. The Hall–Kier alpha value is -4.27. The highest BCUT2D eigenvalue weighted by Gasteiger charge is 2.25. The summed E-state index contributed by atoms with van der Waals surface area (Å²) in [5.41, 5.74) is 1.30. The molecule has 1 N–H and O–H groups in total. The molecular formula is C24H22N6O3. The lowest BCUT2D eigenvalue weighted by Gasteiger charge is -2.35. The van der Waals surface area contributed by atoms with Crippen molar-refractivity contribution >= 4 is 34.3 Å². The zero-order valence-corrected chi connectivity index (χ0v) is 18.1. The van der Waals surface area contributed by atoms with Crippen LogP contribution >= 0.6 is 0 Å². The van der Waals surface area contributed by atoms with E-state index in [0.29, 0.717) is 48.8 Å². The van der Waals surface area contributed by atoms with Gasteiger partial charge < -0.3 is 19.5 Å². The van der Waals surface area contributed by atoms with Crippen LogP contribution in [-0.4, -0.2) is 51.9 Å². The molecule has 4 aromatic rings. The van der Waals surface area contributed by atoms with Crippen molar-refractivity contribution in [2.45, 2.75) is 6.92 Å². The Labute approximate surface area is 189 Å². The molecule has 9 nitrogen and oxygen atoms in total. The Morgan fingerprint density at radius 2 is 1.76 bits per heavy atom. The van der Waals surface area contributed by atoms with Crippen molar-refractivity contribution in [2.75, 3.05) is 36.4 Å². The Morgan fingerprint density at radius 1 is 0.970 bits per heavy atom. The number of hydrogen-bond acceptors (Lipinski definition) is 8. The second kappa shape index (κ2) is 8.70. The minimum atomic E-state index is -0.284. The SMILES string of the molecule is Cc1ccnc(Nc2cc(N3CCN(C(=O)c4cc(=O)c5ccccc5o4)CC3)ncn2)c1. The minimum Gasteiger partial charge on any atom is -0.451 e. The summed E-state index contributed by atoms with van der Waals surface area (Å²) in [5.74, 6) is 1.91. The number of rotatable bonds is 4. The summed E-state index contributed by atoms with van der Waals surface area (Å²) in [6, 6.07) is 13.9. The molecule has 9 heteroatoms. The van der Waals surface area contributed by atoms with E-state index in [9.17, 15) is 9.59 Å². The molecule has 0 aliphatic carbocycles. The Bertz CT molecular complexity index is 1380. The van der Waals surface area contributed by atoms with Gasteiger partial charge in [-0.05, 0) is 36.8 Å². The lowest BCUT2D eigenvalue weighted by Crippen LogP contribution is -2.49. The average Bonchev–Trinajstić information content (AvgIpc) is 2.84. The van der Waals surface area contributed by atoms with Crippen molar-refractivity contribution < 1.29 is 9.21 Å². The molecule has 1 amide bonds. The largest absolute Gasteiger partial charge is 0.451 e. The molecule has 1 fully saturated rings. The van der Waals surface area contributed by atoms with Crippen molar-refractivity contribution in [3.63, 3.8) is 0 Å². The van der Waals surface area contributed by atoms with E-state index in [2.05, 4.69) is 25.2 Å². The van der Waals surface area contributed by atoms with Crippen molar-refractivity contribution in [3.8, 4) is 0 Å². The van der Waals surface area contributed by atoms with Gasteiger partial charge in [0.1, 0.15) is 29.4 Å². The number of fused-ring (bicyclic) bond motifs is 1. The minimum absolute atomic E-state index is 0.0614. The number of carbonyl (C=O) groups excluding carboxylic acids is 1. The van der Waals surface area contributed by atoms with E-state index in [-0.39, 0.29) is 17.1 Å². The van der Waals surface area contributed by atoms with Crippen LogP contribution in [0.5, 0.6) is 0 Å². The highest BCUT2D eigenvalue weighted by molar-refractivity contribution is 5.93. The van der Waals surface area contributed by atoms with Gasteiger partial charge in [0, 0.05) is 44.5 Å². The fourth-order valence-electron chi connectivity index (χ4n) is 3.83. The number of nitrogens with zero attached hydrogens (tertiary/aromatic N) is 5. The Morgan fingerprint density at radius 3 is 2.58 bits per heavy atom. The summed E-state index contributed by atoms with van der Waals surface area (Å²) in [4.78, 5) is 42.1. The topological polar surface area (TPSA) is 104 Å². The third kappa shape index (κ3) is 4.38. The number of aromatic nitrogens is 3. The molecule has 0 saturated carbocycles. The first-order valence-corrected chi connectivity index (χ1v) is 10.7. The number of hydrogen-bond donors (Lipinski definition) is 1. The predicted molar refractivity (Wildman–Crippen MR) is 125 cm³/mol. The summed E-state index contributed by atoms with van der Waals surface area (Å²) in [6.07, 6.45) is 3.25. The standard InChI is InChI=1S/C24H22N6O3/c1-16-6-7-25-21(12-16)28-22-14-23(27-15-26-22)29-8-10-30(11-9-29)24(32)20-13-18(31)17-4-2-3-5-19(17)33-20/h2-7,12-15H,8-11H2,1H3,(H,25,26,27,28). The molecule has 1 aromatic carbocycles. The van der Waals surface area contributed by atoms with Crippen LogP contribution in [0.3, 0.4) is 0 Å². The second-order valence-corrected chi connectivity index (χ2v) is 7.86. The van der Waals surface area contributed by atoms with Gasteiger partial charge in [-0.25, -0.2) is 15.0 Å². The van der Waals surface area contributed by atoms with Gasteiger partial charge in [-0.3, -0.25) is 9.59 Å². The molecular weight excluding hydrogens is 420 g/mol. The van der Waals surface area contributed by atoms with Gasteiger partial charge in [0.05, 0.1) is 5.39 Å². The van der Waals surface area contributed by atoms with E-state index in [1.165, 1.54) is 12.4 Å². The number of benzene rings is 1. The molecule has 0 atom stereocenters. The molecule has 1 saturated heterocycles. The lowest BCUT2D eigenvalue weighted by atomic mass is 10.2. The zero-order chi connectivity index (χ0) is 22.8. The van der Waals surface area contributed by atoms with Crippen LogP contribution in [0.25, 0.3) is 11.0 Å². The number of nitrogens with one attached hydrogen (secondary N) is 1. The maximum atomic E-state index is 13.0. The van der Waals surface area contributed by atoms with Gasteiger partial charge in [0.25, 0.3) is 5.91 Å². The van der Waals surface area contributed by atoms with E-state index in [0.717, 1.165) is 11.4 Å². The molecule has 33 heavy (non-hydrogen) atoms. The number of pyridine rings is 1. The van der Waals surface area contributed by atoms with Crippen LogP contribution in [0, 0.1) is 6.92 Å². The number of anilines is 3. The summed E-state index contributed by atoms with van der Waals surface area (Å²) < 4.78 is 5.71. The van der Waals surface area contributed by atoms with Gasteiger partial charge in [-0.15, -0.1) is 0 Å². The van der Waals surface area contributed by atoms with Crippen LogP contribution in [0.15, 0.2) is 70.3 Å². The number of aryl methyl sites for hydroxylation is 1. The number of carbonyl (C=O) groups is 1. The average molecular weight is 442 g/mol. The maximum absolute atomic E-state index is 13.0. The molecule has 3 aromatic heterocycles. The number of piperazine rings is 1. The van der Waals surface area contributed by atoms with E-state index in [1.54, 1.807) is 35.4 Å². The summed E-state index contributed by atoms with van der Waals surface area (Å²) in [5, 5.41) is 3.66. The van der Waals surface area contributed by atoms with Crippen LogP contribution in [0.1, 0.15) is 16.1 Å². The van der Waals surface area contributed by atoms with Crippen molar-refractivity contribution in [1.29, 1.82) is 0 Å². The second-order valence-electron chi connectivity index (χ2n) is 7.86. The number of amides is 1. The van der Waals surface area contributed by atoms with E-state index in [4.69, 9.17) is 4.42 Å². The zero-order valence-electron chi connectivity index (χ0n) is 18.1. The van der Waals surface area contributed by atoms with E-state index < -0.39 is 0 Å². The molecule has 1 aliphatic rings. The fourth-order valence-corrected chi connectivity index (χ4v) is 3.83. The first kappa shape index (κ1) is 20.6. The van der Waals surface area contributed by atoms with Crippen LogP contribution < -0.4 is 15.6 Å². The molecule has 4 heterocycles. The van der Waals surface area contributed by atoms with Crippen molar-refractivity contribution in [2.24, 2.45) is 0 Å². The lowest BCUT2D eigenvalue weighted by molar-refractivity contribution is 0.0715. The third-order valence-electron chi connectivity index (χ3n) is 5.56. The van der Waals surface area contributed by atoms with Gasteiger partial charge in [-0.1, -0.05) is 12.1 Å². The molecule has 0 unspecified atom stereocenters. The van der Waals surface area contributed by atoms with Crippen LogP contribution in [0.2, 0.25) is 0 Å². The molecule has 5 rings (SSSR count). The fraction of sp³-hybridized carbons (Fsp3) is 0.208. The first-order chi connectivity index (χ1) is 16.1. The molecule has 166 valence electrons. The van der Waals surface area contributed by atoms with E-state index in [1.807, 2.05) is 25.1 Å². The van der Waals surface area contributed by atoms with E-state index >= 15 is 0 Å². The summed E-state index contributed by atoms with van der Waals surface area (Å²) in [7, 11) is 0. The molecule has 1 aliphatic heterocycles. The molecule has 0 radical (unpaired) electrons. The first-order valence-electron chi connectivity index (χ1n) is 10.7. The molecule has 0 spiro atoms. The molecule has 0 bridgehead atoms. The van der Waals surface area contributed by atoms with Crippen LogP contribution in [0.4, 0.5) is 17.5 Å². The van der Waals surface area contributed by atoms with Gasteiger partial charge in [-0.2, -0.15) is 0 Å². The maximum Gasteiger partial charge on any atom is 0.289 e. The Balaban J connectivity index is 1.27.